The summed E-state index contributed by atoms with van der Waals surface area (Å²) >= 11 is 6.65. The van der Waals surface area contributed by atoms with E-state index in [1.807, 2.05) is 6.92 Å². The molecule has 1 amide bonds. The first kappa shape index (κ1) is 14.7. The predicted octanol–water partition coefficient (Wildman–Crippen LogP) is 1.56. The molecule has 0 saturated heterocycles. The third-order valence-electron chi connectivity index (χ3n) is 2.06. The van der Waals surface area contributed by atoms with E-state index in [1.54, 1.807) is 11.8 Å². The van der Waals surface area contributed by atoms with E-state index in [-0.39, 0.29) is 11.8 Å². The molecule has 0 rings (SSSR count). The number of carbonyl (C=O) groups excluding carboxylic acids is 1. The maximum absolute atomic E-state index is 11.7. The molecule has 3 N–H and O–H groups in total. The Hall–Kier alpha value is -0.290. The molecule has 1 unspecified atom stereocenters. The molecule has 0 aliphatic rings. The Morgan fingerprint density at radius 1 is 1.60 bits per heavy atom. The van der Waals surface area contributed by atoms with E-state index in [2.05, 4.69) is 11.6 Å². The molecule has 1 atom stereocenters. The van der Waals surface area contributed by atoms with Gasteiger partial charge in [0.25, 0.3) is 0 Å². The summed E-state index contributed by atoms with van der Waals surface area (Å²) in [5.41, 5.74) is 5.52. The topological polar surface area (TPSA) is 55.1 Å². The first-order chi connectivity index (χ1) is 7.13. The Labute approximate surface area is 102 Å². The number of thiocarbonyl (C=S) groups is 1. The average molecular weight is 248 g/mol. The summed E-state index contributed by atoms with van der Waals surface area (Å²) < 4.78 is 0. The van der Waals surface area contributed by atoms with Crippen molar-refractivity contribution < 1.29 is 4.79 Å². The van der Waals surface area contributed by atoms with Crippen molar-refractivity contribution in [1.82, 2.24) is 5.32 Å². The van der Waals surface area contributed by atoms with Gasteiger partial charge in [0.15, 0.2) is 0 Å². The predicted molar refractivity (Wildman–Crippen MR) is 71.2 cm³/mol. The van der Waals surface area contributed by atoms with Gasteiger partial charge in [0.05, 0.1) is 10.9 Å². The molecule has 0 bridgehead atoms. The van der Waals surface area contributed by atoms with Gasteiger partial charge in [0.2, 0.25) is 5.91 Å². The zero-order valence-corrected chi connectivity index (χ0v) is 11.0. The molecular weight excluding hydrogens is 228 g/mol. The molecule has 0 fully saturated rings. The monoisotopic (exact) mass is 248 g/mol. The molecule has 0 aromatic rings. The van der Waals surface area contributed by atoms with Crippen LogP contribution in [0.2, 0.25) is 0 Å². The Bertz CT molecular complexity index is 210. The summed E-state index contributed by atoms with van der Waals surface area (Å²) in [7, 11) is 0. The molecule has 5 heteroatoms. The van der Waals surface area contributed by atoms with Gasteiger partial charge in [0, 0.05) is 6.54 Å². The molecule has 15 heavy (non-hydrogen) atoms. The minimum Gasteiger partial charge on any atom is -0.393 e. The van der Waals surface area contributed by atoms with Crippen molar-refractivity contribution in [1.29, 1.82) is 0 Å². The highest BCUT2D eigenvalue weighted by molar-refractivity contribution is 7.98. The SMILES string of the molecule is CCCC(C(=O)NCCCSC)C(N)=S. The maximum atomic E-state index is 11.7. The van der Waals surface area contributed by atoms with Gasteiger partial charge in [0.1, 0.15) is 0 Å². The van der Waals surface area contributed by atoms with Crippen molar-refractivity contribution in [2.24, 2.45) is 11.7 Å². The lowest BCUT2D eigenvalue weighted by Crippen LogP contribution is -2.38. The molecule has 0 aliphatic carbocycles. The Balaban J connectivity index is 3.87. The Kier molecular flexibility index (Phi) is 8.80. The fourth-order valence-corrected chi connectivity index (χ4v) is 1.90. The van der Waals surface area contributed by atoms with Crippen LogP contribution in [0.3, 0.4) is 0 Å². The van der Waals surface area contributed by atoms with Crippen molar-refractivity contribution in [3.8, 4) is 0 Å². The van der Waals surface area contributed by atoms with Gasteiger partial charge in [-0.25, -0.2) is 0 Å². The number of nitrogens with two attached hydrogens (primary N) is 1. The fraction of sp³-hybridized carbons (Fsp3) is 0.800. The van der Waals surface area contributed by atoms with E-state index in [0.29, 0.717) is 11.5 Å². The molecule has 88 valence electrons. The summed E-state index contributed by atoms with van der Waals surface area (Å²) in [5, 5.41) is 2.86. The van der Waals surface area contributed by atoms with Crippen molar-refractivity contribution in [2.45, 2.75) is 26.2 Å². The van der Waals surface area contributed by atoms with Gasteiger partial charge in [-0.05, 0) is 24.9 Å². The highest BCUT2D eigenvalue weighted by Gasteiger charge is 2.19. The van der Waals surface area contributed by atoms with Gasteiger partial charge in [-0.3, -0.25) is 4.79 Å². The van der Waals surface area contributed by atoms with E-state index in [9.17, 15) is 4.79 Å². The molecule has 0 aromatic heterocycles. The van der Waals surface area contributed by atoms with Crippen LogP contribution in [-0.4, -0.2) is 29.4 Å². The number of nitrogens with one attached hydrogen (secondary N) is 1. The molecule has 0 aromatic carbocycles. The number of carbonyl (C=O) groups is 1. The van der Waals surface area contributed by atoms with E-state index < -0.39 is 0 Å². The first-order valence-corrected chi connectivity index (χ1v) is 6.99. The lowest BCUT2D eigenvalue weighted by molar-refractivity contribution is -0.123. The van der Waals surface area contributed by atoms with Gasteiger partial charge >= 0.3 is 0 Å². The second-order valence-corrected chi connectivity index (χ2v) is 4.84. The van der Waals surface area contributed by atoms with Gasteiger partial charge in [-0.1, -0.05) is 25.6 Å². The normalized spacial score (nSPS) is 12.1. The van der Waals surface area contributed by atoms with E-state index >= 15 is 0 Å². The van der Waals surface area contributed by atoms with Gasteiger partial charge in [-0.15, -0.1) is 0 Å². The number of hydrogen-bond donors (Lipinski definition) is 2. The van der Waals surface area contributed by atoms with Crippen LogP contribution >= 0.6 is 24.0 Å². The van der Waals surface area contributed by atoms with Crippen LogP contribution in [0.5, 0.6) is 0 Å². The number of hydrogen-bond acceptors (Lipinski definition) is 3. The van der Waals surface area contributed by atoms with Crippen LogP contribution in [0.25, 0.3) is 0 Å². The lowest BCUT2D eigenvalue weighted by Gasteiger charge is -2.14. The molecule has 0 heterocycles. The van der Waals surface area contributed by atoms with Crippen LogP contribution in [0.4, 0.5) is 0 Å². The fourth-order valence-electron chi connectivity index (χ4n) is 1.24. The molecule has 3 nitrogen and oxygen atoms in total. The maximum Gasteiger partial charge on any atom is 0.229 e. The summed E-state index contributed by atoms with van der Waals surface area (Å²) in [4.78, 5) is 12.0. The van der Waals surface area contributed by atoms with E-state index in [1.165, 1.54) is 0 Å². The van der Waals surface area contributed by atoms with Crippen LogP contribution < -0.4 is 11.1 Å². The molecule has 0 saturated carbocycles. The molecule has 0 radical (unpaired) electrons. The first-order valence-electron chi connectivity index (χ1n) is 5.19. The molecule has 0 spiro atoms. The van der Waals surface area contributed by atoms with Crippen molar-refractivity contribution in [3.63, 3.8) is 0 Å². The third-order valence-corrected chi connectivity index (χ3v) is 3.04. The van der Waals surface area contributed by atoms with Crippen molar-refractivity contribution in [3.05, 3.63) is 0 Å². The third kappa shape index (κ3) is 6.73. The molecule has 0 aliphatic heterocycles. The van der Waals surface area contributed by atoms with Crippen LogP contribution in [0.15, 0.2) is 0 Å². The smallest absolute Gasteiger partial charge is 0.229 e. The van der Waals surface area contributed by atoms with E-state index in [0.717, 1.165) is 25.0 Å². The summed E-state index contributed by atoms with van der Waals surface area (Å²) in [6.45, 7) is 2.73. The molecular formula is C10H20N2OS2. The van der Waals surface area contributed by atoms with Crippen molar-refractivity contribution >= 4 is 34.9 Å². The number of rotatable bonds is 8. The summed E-state index contributed by atoms with van der Waals surface area (Å²) in [6, 6.07) is 0. The zero-order chi connectivity index (χ0) is 11.7. The Morgan fingerprint density at radius 3 is 2.73 bits per heavy atom. The average Bonchev–Trinajstić information content (AvgIpc) is 2.20. The quantitative estimate of drug-likeness (QED) is 0.505. The second kappa shape index (κ2) is 8.97. The van der Waals surface area contributed by atoms with Crippen LogP contribution in [-0.2, 0) is 4.79 Å². The van der Waals surface area contributed by atoms with E-state index in [4.69, 9.17) is 18.0 Å². The summed E-state index contributed by atoms with van der Waals surface area (Å²) in [5.74, 6) is 0.746. The van der Waals surface area contributed by atoms with Crippen molar-refractivity contribution in [2.75, 3.05) is 18.6 Å². The minimum absolute atomic E-state index is 0.0227. The number of amides is 1. The van der Waals surface area contributed by atoms with Gasteiger partial charge in [-0.2, -0.15) is 11.8 Å². The zero-order valence-electron chi connectivity index (χ0n) is 9.41. The highest BCUT2D eigenvalue weighted by Crippen LogP contribution is 2.07. The second-order valence-electron chi connectivity index (χ2n) is 3.38. The van der Waals surface area contributed by atoms with Crippen LogP contribution in [0.1, 0.15) is 26.2 Å². The lowest BCUT2D eigenvalue weighted by atomic mass is 10.0. The number of thioether (sulfide) groups is 1. The Morgan fingerprint density at radius 2 is 2.27 bits per heavy atom. The summed E-state index contributed by atoms with van der Waals surface area (Å²) in [6.07, 6.45) is 4.70. The minimum atomic E-state index is -0.292. The highest BCUT2D eigenvalue weighted by atomic mass is 32.2. The standard InChI is InChI=1S/C10H20N2OS2/c1-3-5-8(9(11)14)10(13)12-6-4-7-15-2/h8H,3-7H2,1-2H3,(H2,11,14)(H,12,13). The largest absolute Gasteiger partial charge is 0.393 e. The van der Waals surface area contributed by atoms with Crippen LogP contribution in [0, 0.1) is 5.92 Å². The van der Waals surface area contributed by atoms with Gasteiger partial charge < -0.3 is 11.1 Å².